The molecular formula is C9H15NS. The predicted octanol–water partition coefficient (Wildman–Crippen LogP) is 2.62. The first kappa shape index (κ1) is 8.72. The molecule has 2 heteroatoms. The fraction of sp³-hybridized carbons (Fsp3) is 0.556. The van der Waals surface area contributed by atoms with Crippen LogP contribution in [-0.4, -0.2) is 10.8 Å². The van der Waals surface area contributed by atoms with Gasteiger partial charge in [0.25, 0.3) is 0 Å². The van der Waals surface area contributed by atoms with Crippen molar-refractivity contribution in [2.24, 2.45) is 7.05 Å². The van der Waals surface area contributed by atoms with Crippen molar-refractivity contribution in [3.05, 3.63) is 17.3 Å². The highest BCUT2D eigenvalue weighted by atomic mass is 32.2. The lowest BCUT2D eigenvalue weighted by Crippen LogP contribution is -1.92. The molecule has 0 bridgehead atoms. The van der Waals surface area contributed by atoms with E-state index >= 15 is 0 Å². The molecular weight excluding hydrogens is 154 g/mol. The van der Waals surface area contributed by atoms with Crippen molar-refractivity contribution < 1.29 is 0 Å². The van der Waals surface area contributed by atoms with E-state index in [1.54, 1.807) is 0 Å². The highest BCUT2D eigenvalue weighted by Gasteiger charge is 2.06. The van der Waals surface area contributed by atoms with Crippen LogP contribution in [0.25, 0.3) is 0 Å². The Balaban J connectivity index is 3.15. The van der Waals surface area contributed by atoms with Crippen molar-refractivity contribution in [1.82, 2.24) is 4.57 Å². The fourth-order valence-electron chi connectivity index (χ4n) is 1.31. The second-order valence-corrected chi connectivity index (χ2v) is 3.53. The van der Waals surface area contributed by atoms with Gasteiger partial charge >= 0.3 is 0 Å². The molecule has 1 heterocycles. The molecule has 0 aliphatic rings. The zero-order chi connectivity index (χ0) is 8.43. The Kier molecular flexibility index (Phi) is 2.66. The smallest absolute Gasteiger partial charge is 0.0777 e. The summed E-state index contributed by atoms with van der Waals surface area (Å²) in [7, 11) is 2.13. The molecule has 1 aromatic heterocycles. The minimum Gasteiger partial charge on any atom is -0.343 e. The minimum atomic E-state index is 1.14. The summed E-state index contributed by atoms with van der Waals surface area (Å²) in [6.07, 6.45) is 3.27. The predicted molar refractivity (Wildman–Crippen MR) is 51.3 cm³/mol. The standard InChI is InChI=1S/C9H15NS/c1-5-8-6-7(2)10(3)9(8)11-4/h6H,5H2,1-4H3. The number of aryl methyl sites for hydroxylation is 2. The Morgan fingerprint density at radius 3 is 2.55 bits per heavy atom. The lowest BCUT2D eigenvalue weighted by Gasteiger charge is -2.02. The van der Waals surface area contributed by atoms with Crippen LogP contribution < -0.4 is 0 Å². The van der Waals surface area contributed by atoms with E-state index in [1.807, 2.05) is 11.8 Å². The highest BCUT2D eigenvalue weighted by Crippen LogP contribution is 2.23. The first-order valence-electron chi connectivity index (χ1n) is 3.89. The van der Waals surface area contributed by atoms with Crippen molar-refractivity contribution in [1.29, 1.82) is 0 Å². The van der Waals surface area contributed by atoms with E-state index in [1.165, 1.54) is 16.3 Å². The number of nitrogens with zero attached hydrogens (tertiary/aromatic N) is 1. The molecule has 1 rings (SSSR count). The fourth-order valence-corrected chi connectivity index (χ4v) is 2.19. The monoisotopic (exact) mass is 169 g/mol. The molecule has 0 saturated carbocycles. The van der Waals surface area contributed by atoms with Gasteiger partial charge in [-0.15, -0.1) is 11.8 Å². The Hall–Kier alpha value is -0.370. The number of thioether (sulfide) groups is 1. The molecule has 0 atom stereocenters. The third-order valence-corrected chi connectivity index (χ3v) is 2.99. The molecule has 0 aliphatic carbocycles. The normalized spacial score (nSPS) is 10.5. The molecule has 0 N–H and O–H groups in total. The van der Waals surface area contributed by atoms with E-state index in [4.69, 9.17) is 0 Å². The van der Waals surface area contributed by atoms with Gasteiger partial charge in [-0.3, -0.25) is 0 Å². The Morgan fingerprint density at radius 2 is 2.18 bits per heavy atom. The van der Waals surface area contributed by atoms with Crippen molar-refractivity contribution in [2.45, 2.75) is 25.3 Å². The van der Waals surface area contributed by atoms with Gasteiger partial charge in [0.15, 0.2) is 0 Å². The van der Waals surface area contributed by atoms with Crippen LogP contribution in [-0.2, 0) is 13.5 Å². The second kappa shape index (κ2) is 3.35. The molecule has 0 aliphatic heterocycles. The Morgan fingerprint density at radius 1 is 1.55 bits per heavy atom. The zero-order valence-electron chi connectivity index (χ0n) is 7.64. The van der Waals surface area contributed by atoms with E-state index in [0.717, 1.165) is 6.42 Å². The molecule has 0 radical (unpaired) electrons. The Bertz CT molecular complexity index is 250. The van der Waals surface area contributed by atoms with E-state index in [-0.39, 0.29) is 0 Å². The minimum absolute atomic E-state index is 1.14. The van der Waals surface area contributed by atoms with Crippen LogP contribution in [0.3, 0.4) is 0 Å². The number of aromatic nitrogens is 1. The van der Waals surface area contributed by atoms with E-state index < -0.39 is 0 Å². The van der Waals surface area contributed by atoms with Gasteiger partial charge in [-0.05, 0) is 31.2 Å². The summed E-state index contributed by atoms with van der Waals surface area (Å²) >= 11 is 1.83. The van der Waals surface area contributed by atoms with Crippen LogP contribution in [0.1, 0.15) is 18.2 Å². The molecule has 0 amide bonds. The van der Waals surface area contributed by atoms with Crippen molar-refractivity contribution >= 4 is 11.8 Å². The molecule has 0 saturated heterocycles. The molecule has 0 unspecified atom stereocenters. The maximum Gasteiger partial charge on any atom is 0.0777 e. The summed E-state index contributed by atoms with van der Waals surface area (Å²) in [4.78, 5) is 0. The topological polar surface area (TPSA) is 4.93 Å². The average molecular weight is 169 g/mol. The van der Waals surface area contributed by atoms with Gasteiger partial charge in [-0.1, -0.05) is 6.92 Å². The molecule has 11 heavy (non-hydrogen) atoms. The maximum atomic E-state index is 2.27. The van der Waals surface area contributed by atoms with Crippen LogP contribution in [0.2, 0.25) is 0 Å². The highest BCUT2D eigenvalue weighted by molar-refractivity contribution is 7.98. The number of hydrogen-bond acceptors (Lipinski definition) is 1. The summed E-state index contributed by atoms with van der Waals surface area (Å²) in [5.41, 5.74) is 2.82. The summed E-state index contributed by atoms with van der Waals surface area (Å²) in [6, 6.07) is 2.27. The largest absolute Gasteiger partial charge is 0.343 e. The van der Waals surface area contributed by atoms with Crippen molar-refractivity contribution in [3.63, 3.8) is 0 Å². The average Bonchev–Trinajstić information content (AvgIpc) is 2.28. The van der Waals surface area contributed by atoms with Gasteiger partial charge in [-0.2, -0.15) is 0 Å². The SMILES string of the molecule is CCc1cc(C)n(C)c1SC. The number of hydrogen-bond donors (Lipinski definition) is 0. The summed E-state index contributed by atoms with van der Waals surface area (Å²) in [5, 5.41) is 1.41. The van der Waals surface area contributed by atoms with Gasteiger partial charge in [0, 0.05) is 12.7 Å². The van der Waals surface area contributed by atoms with E-state index in [2.05, 4.69) is 37.8 Å². The van der Waals surface area contributed by atoms with Crippen molar-refractivity contribution in [3.8, 4) is 0 Å². The van der Waals surface area contributed by atoms with Gasteiger partial charge in [0.2, 0.25) is 0 Å². The van der Waals surface area contributed by atoms with E-state index in [9.17, 15) is 0 Å². The molecule has 1 aromatic rings. The summed E-state index contributed by atoms with van der Waals surface area (Å²) < 4.78 is 2.25. The quantitative estimate of drug-likeness (QED) is 0.616. The molecule has 0 spiro atoms. The first-order valence-corrected chi connectivity index (χ1v) is 5.12. The molecule has 0 aromatic carbocycles. The third-order valence-electron chi connectivity index (χ3n) is 2.07. The van der Waals surface area contributed by atoms with Crippen LogP contribution >= 0.6 is 11.8 Å². The van der Waals surface area contributed by atoms with Crippen LogP contribution in [0.15, 0.2) is 11.1 Å². The third kappa shape index (κ3) is 1.45. The summed E-state index contributed by atoms with van der Waals surface area (Å²) in [5.74, 6) is 0. The van der Waals surface area contributed by atoms with Crippen molar-refractivity contribution in [2.75, 3.05) is 6.26 Å². The summed E-state index contributed by atoms with van der Waals surface area (Å²) in [6.45, 7) is 4.35. The van der Waals surface area contributed by atoms with Gasteiger partial charge in [0.1, 0.15) is 0 Å². The second-order valence-electron chi connectivity index (χ2n) is 2.73. The Labute approximate surface area is 72.8 Å². The zero-order valence-corrected chi connectivity index (χ0v) is 8.46. The van der Waals surface area contributed by atoms with Gasteiger partial charge in [-0.25, -0.2) is 0 Å². The van der Waals surface area contributed by atoms with E-state index in [0.29, 0.717) is 0 Å². The first-order chi connectivity index (χ1) is 5.20. The van der Waals surface area contributed by atoms with Crippen LogP contribution in [0.5, 0.6) is 0 Å². The maximum absolute atomic E-state index is 2.27. The molecule has 62 valence electrons. The lowest BCUT2D eigenvalue weighted by molar-refractivity contribution is 0.784. The lowest BCUT2D eigenvalue weighted by atomic mass is 10.2. The van der Waals surface area contributed by atoms with Gasteiger partial charge in [0.05, 0.1) is 5.03 Å². The molecule has 1 nitrogen and oxygen atoms in total. The van der Waals surface area contributed by atoms with Crippen LogP contribution in [0, 0.1) is 6.92 Å². The number of rotatable bonds is 2. The van der Waals surface area contributed by atoms with Gasteiger partial charge < -0.3 is 4.57 Å². The molecule has 0 fully saturated rings. The van der Waals surface area contributed by atoms with Crippen LogP contribution in [0.4, 0.5) is 0 Å².